The summed E-state index contributed by atoms with van der Waals surface area (Å²) in [6, 6.07) is 34.0. The highest BCUT2D eigenvalue weighted by molar-refractivity contribution is 9.10. The molecule has 0 nitrogen and oxygen atoms in total. The van der Waals surface area contributed by atoms with E-state index in [1.54, 1.807) is 0 Å². The van der Waals surface area contributed by atoms with Gasteiger partial charge in [-0.2, -0.15) is 0 Å². The van der Waals surface area contributed by atoms with Crippen LogP contribution in [0.3, 0.4) is 0 Å². The molecule has 0 bridgehead atoms. The van der Waals surface area contributed by atoms with E-state index in [9.17, 15) is 0 Å². The molecule has 140 valence electrons. The highest BCUT2D eigenvalue weighted by atomic mass is 79.9. The van der Waals surface area contributed by atoms with Crippen LogP contribution in [0.2, 0.25) is 0 Å². The minimum absolute atomic E-state index is 0.255. The van der Waals surface area contributed by atoms with Crippen LogP contribution in [0.25, 0.3) is 11.1 Å². The summed E-state index contributed by atoms with van der Waals surface area (Å²) in [5.74, 6) is 0.441. The van der Waals surface area contributed by atoms with Crippen LogP contribution in [0.5, 0.6) is 0 Å². The van der Waals surface area contributed by atoms with Crippen molar-refractivity contribution in [2.75, 3.05) is 0 Å². The maximum absolute atomic E-state index is 3.77. The van der Waals surface area contributed by atoms with Gasteiger partial charge in [0.1, 0.15) is 0 Å². The number of hydrogen-bond acceptors (Lipinski definition) is 0. The Kier molecular flexibility index (Phi) is 3.67. The highest BCUT2D eigenvalue weighted by Crippen LogP contribution is 2.61. The number of rotatable bonds is 1. The van der Waals surface area contributed by atoms with E-state index in [1.165, 1.54) is 44.5 Å². The Bertz CT molecular complexity index is 1220. The van der Waals surface area contributed by atoms with E-state index in [2.05, 4.69) is 114 Å². The van der Waals surface area contributed by atoms with Gasteiger partial charge in [0.05, 0.1) is 5.41 Å². The maximum Gasteiger partial charge on any atom is 0.0719 e. The van der Waals surface area contributed by atoms with E-state index in [4.69, 9.17) is 0 Å². The maximum atomic E-state index is 3.77. The van der Waals surface area contributed by atoms with E-state index in [0.29, 0.717) is 5.92 Å². The van der Waals surface area contributed by atoms with E-state index < -0.39 is 0 Å². The van der Waals surface area contributed by atoms with Crippen molar-refractivity contribution in [2.45, 2.75) is 24.7 Å². The zero-order valence-corrected chi connectivity index (χ0v) is 17.9. The smallest absolute Gasteiger partial charge is 0.0645 e. The van der Waals surface area contributed by atoms with Gasteiger partial charge in [0.2, 0.25) is 0 Å². The Labute approximate surface area is 180 Å². The number of hydrogen-bond donors (Lipinski definition) is 0. The first-order valence-corrected chi connectivity index (χ1v) is 11.1. The molecule has 0 aliphatic heterocycles. The largest absolute Gasteiger partial charge is 0.0719 e. The molecule has 2 aliphatic carbocycles. The summed E-state index contributed by atoms with van der Waals surface area (Å²) in [6.07, 6.45) is 1.11. The second-order valence-electron chi connectivity index (χ2n) is 8.12. The summed E-state index contributed by atoms with van der Waals surface area (Å²) >= 11 is 3.77. The van der Waals surface area contributed by atoms with Gasteiger partial charge in [-0.05, 0) is 63.1 Å². The average Bonchev–Trinajstić information content (AvgIpc) is 3.05. The predicted molar refractivity (Wildman–Crippen MR) is 124 cm³/mol. The number of benzene rings is 4. The topological polar surface area (TPSA) is 0 Å². The van der Waals surface area contributed by atoms with Crippen LogP contribution in [0, 0.1) is 0 Å². The highest BCUT2D eigenvalue weighted by Gasteiger charge is 2.51. The van der Waals surface area contributed by atoms with Crippen molar-refractivity contribution in [3.63, 3.8) is 0 Å². The SMILES string of the molecule is CCC1c2ccccc2C2(c3ccccc3-c3ccc(Br)cc32)c2ccccc21. The van der Waals surface area contributed by atoms with Crippen molar-refractivity contribution in [1.82, 2.24) is 0 Å². The van der Waals surface area contributed by atoms with Crippen molar-refractivity contribution in [3.8, 4) is 11.1 Å². The fourth-order valence-corrected chi connectivity index (χ4v) is 6.23. The molecule has 1 spiro atoms. The van der Waals surface area contributed by atoms with Crippen LogP contribution in [0.15, 0.2) is 95.5 Å². The lowest BCUT2D eigenvalue weighted by Crippen LogP contribution is -2.35. The number of fused-ring (bicyclic) bond motifs is 9. The third kappa shape index (κ3) is 2.09. The van der Waals surface area contributed by atoms with Gasteiger partial charge < -0.3 is 0 Å². The molecule has 29 heavy (non-hydrogen) atoms. The molecule has 0 aromatic heterocycles. The quantitative estimate of drug-likeness (QED) is 0.252. The normalized spacial score (nSPS) is 20.7. The summed E-state index contributed by atoms with van der Waals surface area (Å²) in [4.78, 5) is 0. The zero-order valence-electron chi connectivity index (χ0n) is 16.3. The Morgan fingerprint density at radius 3 is 1.86 bits per heavy atom. The Hall–Kier alpha value is -2.64. The van der Waals surface area contributed by atoms with Gasteiger partial charge in [-0.15, -0.1) is 0 Å². The van der Waals surface area contributed by atoms with Gasteiger partial charge in [-0.1, -0.05) is 102 Å². The third-order valence-electron chi connectivity index (χ3n) is 6.90. The molecule has 0 amide bonds. The first kappa shape index (κ1) is 17.2. The van der Waals surface area contributed by atoms with E-state index >= 15 is 0 Å². The van der Waals surface area contributed by atoms with Crippen LogP contribution < -0.4 is 0 Å². The van der Waals surface area contributed by atoms with Gasteiger partial charge in [0, 0.05) is 10.4 Å². The first-order valence-electron chi connectivity index (χ1n) is 10.4. The molecule has 0 atom stereocenters. The minimum Gasteiger partial charge on any atom is -0.0645 e. The molecule has 0 unspecified atom stereocenters. The van der Waals surface area contributed by atoms with Gasteiger partial charge in [-0.25, -0.2) is 0 Å². The molecule has 4 aromatic carbocycles. The lowest BCUT2D eigenvalue weighted by atomic mass is 9.59. The third-order valence-corrected chi connectivity index (χ3v) is 7.39. The summed E-state index contributed by atoms with van der Waals surface area (Å²) in [7, 11) is 0. The lowest BCUT2D eigenvalue weighted by Gasteiger charge is -2.43. The molecular formula is C28H21Br. The molecule has 6 rings (SSSR count). The second-order valence-corrected chi connectivity index (χ2v) is 9.04. The molecule has 2 aliphatic rings. The average molecular weight is 437 g/mol. The molecule has 0 saturated carbocycles. The Morgan fingerprint density at radius 2 is 1.21 bits per heavy atom. The summed E-state index contributed by atoms with van der Waals surface area (Å²) < 4.78 is 1.14. The summed E-state index contributed by atoms with van der Waals surface area (Å²) in [6.45, 7) is 2.31. The Balaban J connectivity index is 1.86. The fraction of sp³-hybridized carbons (Fsp3) is 0.143. The summed E-state index contributed by atoms with van der Waals surface area (Å²) in [5.41, 5.74) is 11.1. The fourth-order valence-electron chi connectivity index (χ4n) is 5.87. The molecule has 0 heterocycles. The van der Waals surface area contributed by atoms with Crippen LogP contribution >= 0.6 is 15.9 Å². The molecule has 1 heteroatoms. The standard InChI is InChI=1S/C28H21Br/c1-2-19-20-9-3-6-12-24(20)28(25-13-7-4-10-21(19)25)26-14-8-5-11-22(26)23-16-15-18(29)17-27(23)28/h3-17,19H,2H2,1H3. The minimum atomic E-state index is -0.255. The van der Waals surface area contributed by atoms with Gasteiger partial charge >= 0.3 is 0 Å². The van der Waals surface area contributed by atoms with Crippen LogP contribution in [-0.2, 0) is 5.41 Å². The first-order chi connectivity index (χ1) is 14.3. The second kappa shape index (κ2) is 6.18. The van der Waals surface area contributed by atoms with Crippen LogP contribution in [0.4, 0.5) is 0 Å². The zero-order chi connectivity index (χ0) is 19.6. The van der Waals surface area contributed by atoms with E-state index in [0.717, 1.165) is 10.9 Å². The molecule has 0 fully saturated rings. The van der Waals surface area contributed by atoms with E-state index in [-0.39, 0.29) is 5.41 Å². The lowest BCUT2D eigenvalue weighted by molar-refractivity contribution is 0.649. The molecule has 0 N–H and O–H groups in total. The van der Waals surface area contributed by atoms with E-state index in [1.807, 2.05) is 0 Å². The van der Waals surface area contributed by atoms with Gasteiger partial charge in [0.25, 0.3) is 0 Å². The Morgan fingerprint density at radius 1 is 0.655 bits per heavy atom. The summed E-state index contributed by atoms with van der Waals surface area (Å²) in [5, 5.41) is 0. The van der Waals surface area contributed by atoms with Crippen molar-refractivity contribution in [3.05, 3.63) is 129 Å². The monoisotopic (exact) mass is 436 g/mol. The van der Waals surface area contributed by atoms with Crippen molar-refractivity contribution >= 4 is 15.9 Å². The molecule has 0 radical (unpaired) electrons. The van der Waals surface area contributed by atoms with Crippen molar-refractivity contribution in [2.24, 2.45) is 0 Å². The van der Waals surface area contributed by atoms with Crippen LogP contribution in [0.1, 0.15) is 52.6 Å². The predicted octanol–water partition coefficient (Wildman–Crippen LogP) is 7.67. The van der Waals surface area contributed by atoms with Crippen LogP contribution in [-0.4, -0.2) is 0 Å². The van der Waals surface area contributed by atoms with Crippen molar-refractivity contribution in [1.29, 1.82) is 0 Å². The van der Waals surface area contributed by atoms with Gasteiger partial charge in [-0.3, -0.25) is 0 Å². The van der Waals surface area contributed by atoms with Gasteiger partial charge in [0.15, 0.2) is 0 Å². The molecule has 0 saturated heterocycles. The molecule has 4 aromatic rings. The van der Waals surface area contributed by atoms with Crippen molar-refractivity contribution < 1.29 is 0 Å². The molecular weight excluding hydrogens is 416 g/mol. The number of halogens is 1.